The summed E-state index contributed by atoms with van der Waals surface area (Å²) in [5.41, 5.74) is 2.55. The zero-order valence-electron chi connectivity index (χ0n) is 10.6. The van der Waals surface area contributed by atoms with E-state index in [0.717, 1.165) is 17.9 Å². The van der Waals surface area contributed by atoms with Gasteiger partial charge in [-0.25, -0.2) is 0 Å². The number of amides is 1. The molecule has 5 nitrogen and oxygen atoms in total. The van der Waals surface area contributed by atoms with Crippen LogP contribution in [0.5, 0.6) is 5.75 Å². The summed E-state index contributed by atoms with van der Waals surface area (Å²) in [6.45, 7) is 2.32. The quantitative estimate of drug-likeness (QED) is 0.874. The van der Waals surface area contributed by atoms with Crippen molar-refractivity contribution in [3.05, 3.63) is 47.3 Å². The number of nitrogens with one attached hydrogen (secondary N) is 2. The summed E-state index contributed by atoms with van der Waals surface area (Å²) in [6.07, 6.45) is 2.38. The second-order valence-electron chi connectivity index (χ2n) is 4.67. The fraction of sp³-hybridized carbons (Fsp3) is 0.286. The van der Waals surface area contributed by atoms with E-state index in [1.807, 2.05) is 25.1 Å². The molecular weight excluding hydrogens is 242 g/mol. The van der Waals surface area contributed by atoms with E-state index in [1.54, 1.807) is 0 Å². The maximum Gasteiger partial charge on any atom is 0.254 e. The van der Waals surface area contributed by atoms with E-state index < -0.39 is 0 Å². The minimum Gasteiger partial charge on any atom is -0.488 e. The average Bonchev–Trinajstić information content (AvgIpc) is 3.01. The van der Waals surface area contributed by atoms with E-state index in [2.05, 4.69) is 21.6 Å². The van der Waals surface area contributed by atoms with Crippen molar-refractivity contribution in [1.29, 1.82) is 0 Å². The van der Waals surface area contributed by atoms with Gasteiger partial charge in [0.05, 0.1) is 18.3 Å². The highest BCUT2D eigenvalue weighted by molar-refractivity contribution is 5.94. The van der Waals surface area contributed by atoms with Crippen LogP contribution in [-0.4, -0.2) is 28.8 Å². The number of aryl methyl sites for hydroxylation is 1. The number of aromatic nitrogens is 2. The van der Waals surface area contributed by atoms with Crippen LogP contribution in [-0.2, 0) is 6.42 Å². The molecule has 1 unspecified atom stereocenters. The standard InChI is InChI=1S/C14H15N3O2/c1-9-12(8-16-17-9)14(18)15-7-11-6-10-4-2-3-5-13(10)19-11/h2-5,8,11H,6-7H2,1H3,(H,15,18)(H,16,17). The molecule has 0 saturated carbocycles. The van der Waals surface area contributed by atoms with Gasteiger partial charge in [-0.3, -0.25) is 9.89 Å². The number of hydrogen-bond donors (Lipinski definition) is 2. The highest BCUT2D eigenvalue weighted by Gasteiger charge is 2.23. The van der Waals surface area contributed by atoms with E-state index in [9.17, 15) is 4.79 Å². The summed E-state index contributed by atoms with van der Waals surface area (Å²) in [6, 6.07) is 7.96. The molecule has 3 rings (SSSR count). The van der Waals surface area contributed by atoms with Gasteiger partial charge in [0, 0.05) is 12.1 Å². The molecule has 2 N–H and O–H groups in total. The van der Waals surface area contributed by atoms with Gasteiger partial charge in [-0.15, -0.1) is 0 Å². The van der Waals surface area contributed by atoms with Crippen LogP contribution < -0.4 is 10.1 Å². The van der Waals surface area contributed by atoms with Gasteiger partial charge in [-0.1, -0.05) is 18.2 Å². The van der Waals surface area contributed by atoms with Gasteiger partial charge in [0.15, 0.2) is 0 Å². The predicted molar refractivity (Wildman–Crippen MR) is 70.2 cm³/mol. The molecule has 0 saturated heterocycles. The van der Waals surface area contributed by atoms with Crippen molar-refractivity contribution < 1.29 is 9.53 Å². The molecule has 0 bridgehead atoms. The van der Waals surface area contributed by atoms with Crippen LogP contribution in [0, 0.1) is 6.92 Å². The Morgan fingerprint density at radius 3 is 3.11 bits per heavy atom. The molecular formula is C14H15N3O2. The Hall–Kier alpha value is -2.30. The fourth-order valence-corrected chi connectivity index (χ4v) is 2.25. The average molecular weight is 257 g/mol. The number of fused-ring (bicyclic) bond motifs is 1. The van der Waals surface area contributed by atoms with Gasteiger partial charge < -0.3 is 10.1 Å². The first-order chi connectivity index (χ1) is 9.24. The molecule has 0 radical (unpaired) electrons. The van der Waals surface area contributed by atoms with Crippen molar-refractivity contribution in [2.75, 3.05) is 6.54 Å². The van der Waals surface area contributed by atoms with Gasteiger partial charge in [-0.05, 0) is 18.6 Å². The molecule has 0 fully saturated rings. The monoisotopic (exact) mass is 257 g/mol. The first-order valence-electron chi connectivity index (χ1n) is 6.27. The maximum absolute atomic E-state index is 11.9. The third-order valence-corrected chi connectivity index (χ3v) is 3.28. The molecule has 0 aliphatic carbocycles. The Morgan fingerprint density at radius 1 is 1.53 bits per heavy atom. The summed E-state index contributed by atoms with van der Waals surface area (Å²) in [5, 5.41) is 9.47. The molecule has 1 aliphatic heterocycles. The summed E-state index contributed by atoms with van der Waals surface area (Å²) < 4.78 is 5.77. The second kappa shape index (κ2) is 4.76. The number of rotatable bonds is 3. The highest BCUT2D eigenvalue weighted by Crippen LogP contribution is 2.27. The van der Waals surface area contributed by atoms with E-state index in [4.69, 9.17) is 4.74 Å². The topological polar surface area (TPSA) is 67.0 Å². The minimum atomic E-state index is -0.120. The number of carbonyl (C=O) groups is 1. The van der Waals surface area contributed by atoms with E-state index >= 15 is 0 Å². The number of ether oxygens (including phenoxy) is 1. The number of para-hydroxylation sites is 1. The minimum absolute atomic E-state index is 0.00792. The van der Waals surface area contributed by atoms with Gasteiger partial charge in [-0.2, -0.15) is 5.10 Å². The smallest absolute Gasteiger partial charge is 0.254 e. The summed E-state index contributed by atoms with van der Waals surface area (Å²) >= 11 is 0. The van der Waals surface area contributed by atoms with Gasteiger partial charge in [0.1, 0.15) is 11.9 Å². The summed E-state index contributed by atoms with van der Waals surface area (Å²) in [4.78, 5) is 11.9. The molecule has 98 valence electrons. The number of aromatic amines is 1. The molecule has 1 aromatic carbocycles. The Bertz CT molecular complexity index is 581. The van der Waals surface area contributed by atoms with Gasteiger partial charge in [0.2, 0.25) is 0 Å². The van der Waals surface area contributed by atoms with Crippen LogP contribution in [0.1, 0.15) is 21.6 Å². The fourth-order valence-electron chi connectivity index (χ4n) is 2.25. The van der Waals surface area contributed by atoms with E-state index in [0.29, 0.717) is 12.1 Å². The Labute approximate surface area is 111 Å². The van der Waals surface area contributed by atoms with E-state index in [1.165, 1.54) is 11.8 Å². The summed E-state index contributed by atoms with van der Waals surface area (Å²) in [7, 11) is 0. The first kappa shape index (κ1) is 11.8. The van der Waals surface area contributed by atoms with Crippen molar-refractivity contribution >= 4 is 5.91 Å². The Balaban J connectivity index is 1.58. The zero-order valence-corrected chi connectivity index (χ0v) is 10.6. The molecule has 19 heavy (non-hydrogen) atoms. The Kier molecular flexibility index (Phi) is 2.95. The largest absolute Gasteiger partial charge is 0.488 e. The molecule has 1 atom stereocenters. The molecule has 2 aromatic rings. The number of hydrogen-bond acceptors (Lipinski definition) is 3. The molecule has 1 amide bonds. The van der Waals surface area contributed by atoms with Crippen molar-refractivity contribution in [2.45, 2.75) is 19.4 Å². The van der Waals surface area contributed by atoms with Gasteiger partial charge >= 0.3 is 0 Å². The van der Waals surface area contributed by atoms with Crippen LogP contribution in [0.3, 0.4) is 0 Å². The Morgan fingerprint density at radius 2 is 2.37 bits per heavy atom. The molecule has 5 heteroatoms. The third kappa shape index (κ3) is 2.31. The highest BCUT2D eigenvalue weighted by atomic mass is 16.5. The number of H-pyrrole nitrogens is 1. The van der Waals surface area contributed by atoms with Crippen molar-refractivity contribution in [1.82, 2.24) is 15.5 Å². The molecule has 1 aromatic heterocycles. The van der Waals surface area contributed by atoms with Crippen LogP contribution in [0.2, 0.25) is 0 Å². The molecule has 1 aliphatic rings. The SMILES string of the molecule is Cc1[nH]ncc1C(=O)NCC1Cc2ccccc2O1. The van der Waals surface area contributed by atoms with Gasteiger partial charge in [0.25, 0.3) is 5.91 Å². The van der Waals surface area contributed by atoms with Crippen molar-refractivity contribution in [3.63, 3.8) is 0 Å². The second-order valence-corrected chi connectivity index (χ2v) is 4.67. The van der Waals surface area contributed by atoms with Crippen LogP contribution in [0.25, 0.3) is 0 Å². The van der Waals surface area contributed by atoms with Crippen molar-refractivity contribution in [2.24, 2.45) is 0 Å². The molecule has 2 heterocycles. The predicted octanol–water partition coefficient (Wildman–Crippen LogP) is 1.45. The third-order valence-electron chi connectivity index (χ3n) is 3.28. The number of carbonyl (C=O) groups excluding carboxylic acids is 1. The zero-order chi connectivity index (χ0) is 13.2. The van der Waals surface area contributed by atoms with Crippen LogP contribution >= 0.6 is 0 Å². The lowest BCUT2D eigenvalue weighted by molar-refractivity contribution is 0.0933. The lowest BCUT2D eigenvalue weighted by Gasteiger charge is -2.11. The summed E-state index contributed by atoms with van der Waals surface area (Å²) in [5.74, 6) is 0.798. The van der Waals surface area contributed by atoms with Crippen LogP contribution in [0.15, 0.2) is 30.5 Å². The molecule has 0 spiro atoms. The van der Waals surface area contributed by atoms with E-state index in [-0.39, 0.29) is 12.0 Å². The lowest BCUT2D eigenvalue weighted by atomic mass is 10.1. The van der Waals surface area contributed by atoms with Crippen LogP contribution in [0.4, 0.5) is 0 Å². The first-order valence-corrected chi connectivity index (χ1v) is 6.27. The maximum atomic E-state index is 11.9. The lowest BCUT2D eigenvalue weighted by Crippen LogP contribution is -2.34. The van der Waals surface area contributed by atoms with Crippen molar-refractivity contribution in [3.8, 4) is 5.75 Å². The normalized spacial score (nSPS) is 16.8. The number of benzene rings is 1. The number of nitrogens with zero attached hydrogens (tertiary/aromatic N) is 1.